The van der Waals surface area contributed by atoms with Gasteiger partial charge in [-0.1, -0.05) is 17.7 Å². The van der Waals surface area contributed by atoms with E-state index in [0.29, 0.717) is 22.3 Å². The molecular weight excluding hydrogens is 255 g/mol. The van der Waals surface area contributed by atoms with Crippen LogP contribution in [-0.4, -0.2) is 12.0 Å². The maximum Gasteiger partial charge on any atom is 0.132 e. The van der Waals surface area contributed by atoms with E-state index >= 15 is 0 Å². The molecule has 0 aliphatic carbocycles. The van der Waals surface area contributed by atoms with E-state index in [0.717, 1.165) is 0 Å². The molecule has 0 spiro atoms. The van der Waals surface area contributed by atoms with E-state index in [1.54, 1.807) is 31.3 Å². The number of halogens is 2. The molecule has 0 aliphatic rings. The molecule has 1 N–H and O–H groups in total. The van der Waals surface area contributed by atoms with Crippen molar-refractivity contribution in [2.75, 3.05) is 12.4 Å². The van der Waals surface area contributed by atoms with Crippen molar-refractivity contribution in [3.8, 4) is 5.75 Å². The molecular formula is C13H12ClFN2O. The SMILES string of the molecule is CNc1ccc(Cl)c(COc2cccc(F)c2)n1. The first-order valence-corrected chi connectivity index (χ1v) is 5.78. The Morgan fingerprint density at radius 1 is 1.33 bits per heavy atom. The van der Waals surface area contributed by atoms with Crippen LogP contribution in [0.15, 0.2) is 36.4 Å². The van der Waals surface area contributed by atoms with Crippen LogP contribution in [0.4, 0.5) is 10.2 Å². The van der Waals surface area contributed by atoms with Gasteiger partial charge in [-0.3, -0.25) is 0 Å². The number of hydrogen-bond acceptors (Lipinski definition) is 3. The second-order valence-electron chi connectivity index (χ2n) is 3.62. The molecule has 0 saturated carbocycles. The number of pyridine rings is 1. The summed E-state index contributed by atoms with van der Waals surface area (Å²) >= 11 is 6.01. The Hall–Kier alpha value is -1.81. The molecule has 0 radical (unpaired) electrons. The zero-order chi connectivity index (χ0) is 13.0. The van der Waals surface area contributed by atoms with Gasteiger partial charge in [0.25, 0.3) is 0 Å². The first kappa shape index (κ1) is 12.6. The number of hydrogen-bond donors (Lipinski definition) is 1. The second kappa shape index (κ2) is 5.69. The standard InChI is InChI=1S/C13H12ClFN2O/c1-16-13-6-5-11(14)12(17-13)8-18-10-4-2-3-9(15)7-10/h2-7H,8H2,1H3,(H,16,17). The lowest BCUT2D eigenvalue weighted by Crippen LogP contribution is -2.02. The van der Waals surface area contributed by atoms with Crippen LogP contribution in [0, 0.1) is 5.82 Å². The number of nitrogens with one attached hydrogen (secondary N) is 1. The first-order chi connectivity index (χ1) is 8.69. The third kappa shape index (κ3) is 3.11. The number of benzene rings is 1. The van der Waals surface area contributed by atoms with Gasteiger partial charge in [0.15, 0.2) is 0 Å². The highest BCUT2D eigenvalue weighted by Gasteiger charge is 2.05. The van der Waals surface area contributed by atoms with Crippen LogP contribution in [0.1, 0.15) is 5.69 Å². The monoisotopic (exact) mass is 266 g/mol. The van der Waals surface area contributed by atoms with Crippen molar-refractivity contribution in [2.45, 2.75) is 6.61 Å². The number of nitrogens with zero attached hydrogens (tertiary/aromatic N) is 1. The van der Waals surface area contributed by atoms with Crippen molar-refractivity contribution in [1.29, 1.82) is 0 Å². The summed E-state index contributed by atoms with van der Waals surface area (Å²) in [5.41, 5.74) is 0.604. The molecule has 1 aromatic heterocycles. The maximum absolute atomic E-state index is 13.0. The Morgan fingerprint density at radius 2 is 2.17 bits per heavy atom. The van der Waals surface area contributed by atoms with Gasteiger partial charge in [0.2, 0.25) is 0 Å². The highest BCUT2D eigenvalue weighted by molar-refractivity contribution is 6.31. The van der Waals surface area contributed by atoms with E-state index < -0.39 is 0 Å². The lowest BCUT2D eigenvalue weighted by molar-refractivity contribution is 0.300. The van der Waals surface area contributed by atoms with E-state index in [9.17, 15) is 4.39 Å². The second-order valence-corrected chi connectivity index (χ2v) is 4.03. The van der Waals surface area contributed by atoms with E-state index in [4.69, 9.17) is 16.3 Å². The topological polar surface area (TPSA) is 34.1 Å². The van der Waals surface area contributed by atoms with Crippen LogP contribution in [0.5, 0.6) is 5.75 Å². The zero-order valence-electron chi connectivity index (χ0n) is 9.78. The molecule has 0 atom stereocenters. The highest BCUT2D eigenvalue weighted by atomic mass is 35.5. The third-order valence-electron chi connectivity index (χ3n) is 2.35. The summed E-state index contributed by atoms with van der Waals surface area (Å²) in [5, 5.41) is 3.44. The third-order valence-corrected chi connectivity index (χ3v) is 2.69. The molecule has 2 aromatic rings. The number of rotatable bonds is 4. The lowest BCUT2D eigenvalue weighted by atomic mass is 10.3. The van der Waals surface area contributed by atoms with Gasteiger partial charge in [-0.2, -0.15) is 0 Å². The minimum atomic E-state index is -0.337. The molecule has 1 heterocycles. The van der Waals surface area contributed by atoms with Crippen LogP contribution < -0.4 is 10.1 Å². The van der Waals surface area contributed by atoms with Gasteiger partial charge in [-0.15, -0.1) is 0 Å². The van der Waals surface area contributed by atoms with Gasteiger partial charge in [-0.25, -0.2) is 9.37 Å². The average Bonchev–Trinajstić information content (AvgIpc) is 2.38. The molecule has 2 rings (SSSR count). The Morgan fingerprint density at radius 3 is 2.89 bits per heavy atom. The molecule has 1 aromatic carbocycles. The quantitative estimate of drug-likeness (QED) is 0.920. The molecule has 0 aliphatic heterocycles. The van der Waals surface area contributed by atoms with E-state index in [1.165, 1.54) is 12.1 Å². The fourth-order valence-corrected chi connectivity index (χ4v) is 1.59. The van der Waals surface area contributed by atoms with Crippen molar-refractivity contribution in [3.63, 3.8) is 0 Å². The van der Waals surface area contributed by atoms with Crippen LogP contribution in [0.3, 0.4) is 0 Å². The average molecular weight is 267 g/mol. The van der Waals surface area contributed by atoms with E-state index in [2.05, 4.69) is 10.3 Å². The van der Waals surface area contributed by atoms with Crippen molar-refractivity contribution < 1.29 is 9.13 Å². The molecule has 3 nitrogen and oxygen atoms in total. The van der Waals surface area contributed by atoms with Crippen molar-refractivity contribution in [1.82, 2.24) is 4.98 Å². The first-order valence-electron chi connectivity index (χ1n) is 5.40. The van der Waals surface area contributed by atoms with Crippen molar-refractivity contribution in [2.24, 2.45) is 0 Å². The van der Waals surface area contributed by atoms with Crippen LogP contribution in [0.25, 0.3) is 0 Å². The normalized spacial score (nSPS) is 10.2. The Balaban J connectivity index is 2.10. The van der Waals surface area contributed by atoms with Crippen molar-refractivity contribution >= 4 is 17.4 Å². The molecule has 0 saturated heterocycles. The molecule has 94 valence electrons. The Bertz CT molecular complexity index is 548. The largest absolute Gasteiger partial charge is 0.487 e. The highest BCUT2D eigenvalue weighted by Crippen LogP contribution is 2.19. The Labute approximate surface area is 110 Å². The molecule has 0 amide bonds. The summed E-state index contributed by atoms with van der Waals surface area (Å²) in [7, 11) is 1.77. The lowest BCUT2D eigenvalue weighted by Gasteiger charge is -2.08. The molecule has 0 unspecified atom stereocenters. The predicted octanol–water partition coefficient (Wildman–Crippen LogP) is 3.49. The van der Waals surface area contributed by atoms with Crippen LogP contribution in [0.2, 0.25) is 5.02 Å². The predicted molar refractivity (Wildman–Crippen MR) is 69.5 cm³/mol. The van der Waals surface area contributed by atoms with Crippen molar-refractivity contribution in [3.05, 3.63) is 52.9 Å². The number of ether oxygens (including phenoxy) is 1. The minimum absolute atomic E-state index is 0.192. The summed E-state index contributed by atoms with van der Waals surface area (Å²) in [6.07, 6.45) is 0. The van der Waals surface area contributed by atoms with Gasteiger partial charge in [-0.05, 0) is 24.3 Å². The van der Waals surface area contributed by atoms with Gasteiger partial charge < -0.3 is 10.1 Å². The van der Waals surface area contributed by atoms with E-state index in [1.807, 2.05) is 0 Å². The number of anilines is 1. The summed E-state index contributed by atoms with van der Waals surface area (Å²) in [6, 6.07) is 9.46. The summed E-state index contributed by atoms with van der Waals surface area (Å²) in [4.78, 5) is 4.27. The summed E-state index contributed by atoms with van der Waals surface area (Å²) in [5.74, 6) is 0.815. The van der Waals surface area contributed by atoms with Crippen LogP contribution >= 0.6 is 11.6 Å². The minimum Gasteiger partial charge on any atom is -0.487 e. The van der Waals surface area contributed by atoms with Crippen LogP contribution in [-0.2, 0) is 6.61 Å². The molecule has 5 heteroatoms. The fourth-order valence-electron chi connectivity index (χ4n) is 1.43. The van der Waals surface area contributed by atoms with Gasteiger partial charge in [0.05, 0.1) is 10.7 Å². The smallest absolute Gasteiger partial charge is 0.132 e. The molecule has 0 fully saturated rings. The van der Waals surface area contributed by atoms with Gasteiger partial charge in [0.1, 0.15) is 24.0 Å². The van der Waals surface area contributed by atoms with Gasteiger partial charge >= 0.3 is 0 Å². The van der Waals surface area contributed by atoms with Gasteiger partial charge in [0, 0.05) is 13.1 Å². The molecule has 18 heavy (non-hydrogen) atoms. The molecule has 0 bridgehead atoms. The number of aromatic nitrogens is 1. The fraction of sp³-hybridized carbons (Fsp3) is 0.154. The maximum atomic E-state index is 13.0. The Kier molecular flexibility index (Phi) is 3.99. The summed E-state index contributed by atoms with van der Waals surface area (Å²) in [6.45, 7) is 0.192. The summed E-state index contributed by atoms with van der Waals surface area (Å²) < 4.78 is 18.4. The van der Waals surface area contributed by atoms with E-state index in [-0.39, 0.29) is 12.4 Å². The zero-order valence-corrected chi connectivity index (χ0v) is 10.5.